The van der Waals surface area contributed by atoms with E-state index in [2.05, 4.69) is 15.3 Å². The maximum atomic E-state index is 12.0. The molecule has 1 amide bonds. The molecule has 0 aliphatic heterocycles. The highest BCUT2D eigenvalue weighted by Crippen LogP contribution is 2.27. The number of hydrogen-bond donors (Lipinski definition) is 1. The largest absolute Gasteiger partial charge is 0.447 e. The third-order valence-corrected chi connectivity index (χ3v) is 4.51. The van der Waals surface area contributed by atoms with Gasteiger partial charge in [0, 0.05) is 6.04 Å². The number of benzene rings is 1. The molecule has 126 valence electrons. The zero-order chi connectivity index (χ0) is 17.1. The molecule has 2 aromatic heterocycles. The van der Waals surface area contributed by atoms with Crippen molar-refractivity contribution in [1.82, 2.24) is 15.3 Å². The lowest BCUT2D eigenvalue weighted by Crippen LogP contribution is -2.32. The van der Waals surface area contributed by atoms with Crippen LogP contribution in [-0.4, -0.2) is 21.9 Å². The van der Waals surface area contributed by atoms with Crippen LogP contribution in [0, 0.1) is 6.92 Å². The zero-order valence-electron chi connectivity index (χ0n) is 13.8. The van der Waals surface area contributed by atoms with Crippen LogP contribution in [0.15, 0.2) is 38.5 Å². The minimum Gasteiger partial charge on any atom is -0.447 e. The summed E-state index contributed by atoms with van der Waals surface area (Å²) in [6.07, 6.45) is 2.24. The first-order valence-corrected chi connectivity index (χ1v) is 8.79. The molecule has 1 atom stereocenters. The molecular formula is C17H19N3O3S. The average molecular weight is 345 g/mol. The fourth-order valence-electron chi connectivity index (χ4n) is 2.13. The van der Waals surface area contributed by atoms with E-state index in [1.807, 2.05) is 39.0 Å². The lowest BCUT2D eigenvalue weighted by atomic mass is 10.2. The molecule has 0 spiro atoms. The fourth-order valence-corrected chi connectivity index (χ4v) is 2.82. The van der Waals surface area contributed by atoms with E-state index in [4.69, 9.17) is 8.83 Å². The van der Waals surface area contributed by atoms with Gasteiger partial charge in [0.2, 0.25) is 5.89 Å². The van der Waals surface area contributed by atoms with Crippen molar-refractivity contribution in [3.63, 3.8) is 0 Å². The highest BCUT2D eigenvalue weighted by molar-refractivity contribution is 7.98. The quantitative estimate of drug-likeness (QED) is 0.681. The first-order chi connectivity index (χ1) is 11.6. The lowest BCUT2D eigenvalue weighted by Gasteiger charge is -2.08. The standard InChI is InChI=1S/C17H19N3O3S/c1-4-11(3)18-16(21)12-8-22-14(19-12)9-24-17-20-15-10(2)6-5-7-13(15)23-17/h5-8,11H,4,9H2,1-3H3,(H,18,21). The number of fused-ring (bicyclic) bond motifs is 1. The van der Waals surface area contributed by atoms with Crippen LogP contribution in [0.1, 0.15) is 42.2 Å². The third kappa shape index (κ3) is 3.62. The van der Waals surface area contributed by atoms with Gasteiger partial charge in [-0.25, -0.2) is 9.97 Å². The van der Waals surface area contributed by atoms with E-state index in [0.717, 1.165) is 23.1 Å². The van der Waals surface area contributed by atoms with Crippen molar-refractivity contribution in [2.24, 2.45) is 0 Å². The van der Waals surface area contributed by atoms with Gasteiger partial charge in [0.25, 0.3) is 11.1 Å². The first kappa shape index (κ1) is 16.6. The number of carbonyl (C=O) groups excluding carboxylic acids is 1. The predicted octanol–water partition coefficient (Wildman–Crippen LogP) is 3.94. The van der Waals surface area contributed by atoms with Gasteiger partial charge < -0.3 is 14.2 Å². The van der Waals surface area contributed by atoms with Crippen molar-refractivity contribution in [3.05, 3.63) is 41.6 Å². The molecule has 0 fully saturated rings. The number of para-hydroxylation sites is 1. The van der Waals surface area contributed by atoms with Gasteiger partial charge >= 0.3 is 0 Å². The molecule has 3 rings (SSSR count). The molecule has 0 saturated heterocycles. The van der Waals surface area contributed by atoms with Gasteiger partial charge in [0.1, 0.15) is 11.8 Å². The average Bonchev–Trinajstić information content (AvgIpc) is 3.20. The van der Waals surface area contributed by atoms with E-state index in [1.165, 1.54) is 18.0 Å². The summed E-state index contributed by atoms with van der Waals surface area (Å²) in [6, 6.07) is 5.93. The van der Waals surface area contributed by atoms with Crippen LogP contribution in [0.25, 0.3) is 11.1 Å². The Kier molecular flexibility index (Phi) is 4.89. The van der Waals surface area contributed by atoms with Crippen molar-refractivity contribution in [2.45, 2.75) is 44.2 Å². The minimum absolute atomic E-state index is 0.106. The number of oxazole rings is 2. The van der Waals surface area contributed by atoms with Crippen molar-refractivity contribution in [1.29, 1.82) is 0 Å². The molecular weight excluding hydrogens is 326 g/mol. The Bertz CT molecular complexity index is 856. The molecule has 6 nitrogen and oxygen atoms in total. The number of thioether (sulfide) groups is 1. The molecule has 1 unspecified atom stereocenters. The molecule has 1 aromatic carbocycles. The summed E-state index contributed by atoms with van der Waals surface area (Å²) in [5.41, 5.74) is 2.99. The molecule has 1 N–H and O–H groups in total. The number of hydrogen-bond acceptors (Lipinski definition) is 6. The monoisotopic (exact) mass is 345 g/mol. The van der Waals surface area contributed by atoms with Crippen molar-refractivity contribution < 1.29 is 13.6 Å². The molecule has 7 heteroatoms. The van der Waals surface area contributed by atoms with E-state index >= 15 is 0 Å². The van der Waals surface area contributed by atoms with Gasteiger partial charge in [-0.1, -0.05) is 30.8 Å². The molecule has 0 aliphatic rings. The number of nitrogens with one attached hydrogen (secondary N) is 1. The maximum absolute atomic E-state index is 12.0. The van der Waals surface area contributed by atoms with Gasteiger partial charge in [-0.3, -0.25) is 4.79 Å². The van der Waals surface area contributed by atoms with Gasteiger partial charge in [-0.2, -0.15) is 0 Å². The van der Waals surface area contributed by atoms with Crippen LogP contribution >= 0.6 is 11.8 Å². The topological polar surface area (TPSA) is 81.2 Å². The smallest absolute Gasteiger partial charge is 0.273 e. The molecule has 0 bridgehead atoms. The Balaban J connectivity index is 1.64. The van der Waals surface area contributed by atoms with Crippen molar-refractivity contribution >= 4 is 28.8 Å². The number of rotatable bonds is 6. The Morgan fingerprint density at radius 1 is 1.38 bits per heavy atom. The molecule has 2 heterocycles. The Hall–Kier alpha value is -2.28. The summed E-state index contributed by atoms with van der Waals surface area (Å²) >= 11 is 1.39. The maximum Gasteiger partial charge on any atom is 0.273 e. The Morgan fingerprint density at radius 2 is 2.21 bits per heavy atom. The number of amides is 1. The Morgan fingerprint density at radius 3 is 2.96 bits per heavy atom. The van der Waals surface area contributed by atoms with Crippen LogP contribution in [0.5, 0.6) is 0 Å². The van der Waals surface area contributed by atoms with E-state index in [9.17, 15) is 4.79 Å². The first-order valence-electron chi connectivity index (χ1n) is 7.81. The normalized spacial score (nSPS) is 12.5. The molecule has 0 saturated carbocycles. The van der Waals surface area contributed by atoms with Crippen LogP contribution in [0.4, 0.5) is 0 Å². The van der Waals surface area contributed by atoms with Crippen molar-refractivity contribution in [2.75, 3.05) is 0 Å². The SMILES string of the molecule is CCC(C)NC(=O)c1coc(CSc2nc3c(C)cccc3o2)n1. The Labute approximate surface area is 144 Å². The van der Waals surface area contributed by atoms with Crippen LogP contribution < -0.4 is 5.32 Å². The van der Waals surface area contributed by atoms with Gasteiger partial charge in [-0.15, -0.1) is 0 Å². The second kappa shape index (κ2) is 7.09. The summed E-state index contributed by atoms with van der Waals surface area (Å²) in [7, 11) is 0. The fraction of sp³-hybridized carbons (Fsp3) is 0.353. The lowest BCUT2D eigenvalue weighted by molar-refractivity contribution is 0.0934. The third-order valence-electron chi connectivity index (χ3n) is 3.69. The van der Waals surface area contributed by atoms with E-state index in [1.54, 1.807) is 0 Å². The van der Waals surface area contributed by atoms with Crippen LogP contribution in [0.2, 0.25) is 0 Å². The summed E-state index contributed by atoms with van der Waals surface area (Å²) < 4.78 is 11.1. The van der Waals surface area contributed by atoms with E-state index in [-0.39, 0.29) is 11.9 Å². The summed E-state index contributed by atoms with van der Waals surface area (Å²) in [5, 5.41) is 3.42. The predicted molar refractivity (Wildman–Crippen MR) is 92.0 cm³/mol. The molecule has 3 aromatic rings. The minimum atomic E-state index is -0.221. The van der Waals surface area contributed by atoms with E-state index in [0.29, 0.717) is 22.6 Å². The van der Waals surface area contributed by atoms with Crippen molar-refractivity contribution in [3.8, 4) is 0 Å². The summed E-state index contributed by atoms with van der Waals surface area (Å²) in [4.78, 5) is 20.7. The highest BCUT2D eigenvalue weighted by atomic mass is 32.2. The van der Waals surface area contributed by atoms with Crippen LogP contribution in [0.3, 0.4) is 0 Å². The van der Waals surface area contributed by atoms with Gasteiger partial charge in [0.05, 0.1) is 5.75 Å². The molecule has 24 heavy (non-hydrogen) atoms. The zero-order valence-corrected chi connectivity index (χ0v) is 14.6. The summed E-state index contributed by atoms with van der Waals surface area (Å²) in [6.45, 7) is 5.96. The molecule has 0 aliphatic carbocycles. The number of aromatic nitrogens is 2. The number of nitrogens with zero attached hydrogens (tertiary/aromatic N) is 2. The second-order valence-electron chi connectivity index (χ2n) is 5.60. The number of carbonyl (C=O) groups is 1. The summed E-state index contributed by atoms with van der Waals surface area (Å²) in [5.74, 6) is 0.692. The molecule has 0 radical (unpaired) electrons. The highest BCUT2D eigenvalue weighted by Gasteiger charge is 2.15. The second-order valence-corrected chi connectivity index (χ2v) is 6.53. The van der Waals surface area contributed by atoms with Crippen LogP contribution in [-0.2, 0) is 5.75 Å². The van der Waals surface area contributed by atoms with Gasteiger partial charge in [0.15, 0.2) is 11.3 Å². The van der Waals surface area contributed by atoms with Gasteiger partial charge in [-0.05, 0) is 31.9 Å². The van der Waals surface area contributed by atoms with E-state index < -0.39 is 0 Å². The number of aryl methyl sites for hydroxylation is 1.